The maximum atomic E-state index is 11.7. The molecule has 1 heterocycles. The number of rotatable bonds is 7. The molecular formula is C18H25Cl2N3O2. The molecule has 0 bridgehead atoms. The third-order valence-corrected chi connectivity index (χ3v) is 3.62. The average molecular weight is 386 g/mol. The number of nitrogens with zero attached hydrogens (tertiary/aromatic N) is 1. The van der Waals surface area contributed by atoms with Crippen molar-refractivity contribution in [3.05, 3.63) is 47.7 Å². The first-order chi connectivity index (χ1) is 11.1. The van der Waals surface area contributed by atoms with Gasteiger partial charge in [-0.15, -0.1) is 24.8 Å². The highest BCUT2D eigenvalue weighted by molar-refractivity contribution is 5.90. The van der Waals surface area contributed by atoms with Gasteiger partial charge in [0.05, 0.1) is 11.9 Å². The molecule has 0 aliphatic heterocycles. The van der Waals surface area contributed by atoms with Crippen LogP contribution in [-0.4, -0.2) is 24.5 Å². The predicted octanol–water partition coefficient (Wildman–Crippen LogP) is 4.27. The van der Waals surface area contributed by atoms with E-state index in [1.807, 2.05) is 39.1 Å². The van der Waals surface area contributed by atoms with E-state index in [2.05, 4.69) is 15.6 Å². The zero-order chi connectivity index (χ0) is 16.7. The van der Waals surface area contributed by atoms with Crippen molar-refractivity contribution < 1.29 is 9.53 Å². The van der Waals surface area contributed by atoms with Crippen LogP contribution in [0.4, 0.5) is 5.69 Å². The molecule has 2 rings (SSSR count). The maximum absolute atomic E-state index is 11.7. The Kier molecular flexibility index (Phi) is 10.8. The normalized spacial score (nSPS) is 9.56. The molecule has 0 aliphatic rings. The topological polar surface area (TPSA) is 63.2 Å². The Morgan fingerprint density at radius 1 is 1.16 bits per heavy atom. The number of halogens is 2. The first kappa shape index (κ1) is 23.2. The largest absolute Gasteiger partial charge is 0.439 e. The number of aryl methyl sites for hydroxylation is 1. The lowest BCUT2D eigenvalue weighted by atomic mass is 10.1. The molecule has 1 aromatic carbocycles. The number of amides is 1. The fourth-order valence-corrected chi connectivity index (χ4v) is 2.11. The summed E-state index contributed by atoms with van der Waals surface area (Å²) < 4.78 is 5.80. The number of benzene rings is 1. The molecule has 2 aromatic rings. The predicted molar refractivity (Wildman–Crippen MR) is 107 cm³/mol. The zero-order valence-electron chi connectivity index (χ0n) is 14.7. The van der Waals surface area contributed by atoms with Crippen molar-refractivity contribution in [3.63, 3.8) is 0 Å². The van der Waals surface area contributed by atoms with Crippen molar-refractivity contribution in [1.29, 1.82) is 0 Å². The van der Waals surface area contributed by atoms with Crippen LogP contribution in [0, 0.1) is 13.8 Å². The molecule has 0 saturated carbocycles. The number of hydrogen-bond acceptors (Lipinski definition) is 4. The van der Waals surface area contributed by atoms with Gasteiger partial charge in [0.25, 0.3) is 0 Å². The molecule has 7 heteroatoms. The van der Waals surface area contributed by atoms with Gasteiger partial charge >= 0.3 is 0 Å². The molecule has 0 aliphatic carbocycles. The van der Waals surface area contributed by atoms with E-state index >= 15 is 0 Å². The van der Waals surface area contributed by atoms with Crippen LogP contribution in [0.2, 0.25) is 0 Å². The third-order valence-electron chi connectivity index (χ3n) is 3.62. The Morgan fingerprint density at radius 2 is 1.92 bits per heavy atom. The lowest BCUT2D eigenvalue weighted by Gasteiger charge is -2.10. The van der Waals surface area contributed by atoms with Crippen molar-refractivity contribution >= 4 is 36.4 Å². The van der Waals surface area contributed by atoms with Crippen molar-refractivity contribution in [2.45, 2.75) is 26.7 Å². The number of pyridine rings is 1. The molecule has 0 unspecified atom stereocenters. The fraction of sp³-hybridized carbons (Fsp3) is 0.333. The minimum Gasteiger partial charge on any atom is -0.439 e. The molecule has 138 valence electrons. The van der Waals surface area contributed by atoms with E-state index in [1.165, 1.54) is 5.56 Å². The number of anilines is 1. The number of aromatic nitrogens is 1. The van der Waals surface area contributed by atoms with Crippen LogP contribution in [0.15, 0.2) is 36.5 Å². The number of carbonyl (C=O) groups is 1. The van der Waals surface area contributed by atoms with Gasteiger partial charge in [0.1, 0.15) is 5.75 Å². The van der Waals surface area contributed by atoms with Crippen LogP contribution < -0.4 is 15.4 Å². The van der Waals surface area contributed by atoms with Gasteiger partial charge in [-0.3, -0.25) is 4.79 Å². The Bertz CT molecular complexity index is 664. The Morgan fingerprint density at radius 3 is 2.56 bits per heavy atom. The maximum Gasteiger partial charge on any atom is 0.224 e. The molecule has 5 nitrogen and oxygen atoms in total. The summed E-state index contributed by atoms with van der Waals surface area (Å²) in [6.07, 6.45) is 2.90. The minimum atomic E-state index is -0.00903. The lowest BCUT2D eigenvalue weighted by Crippen LogP contribution is -2.15. The van der Waals surface area contributed by atoms with E-state index < -0.39 is 0 Å². The number of carbonyl (C=O) groups excluding carboxylic acids is 1. The van der Waals surface area contributed by atoms with Crippen LogP contribution in [-0.2, 0) is 4.79 Å². The number of hydrogen-bond donors (Lipinski definition) is 2. The van der Waals surface area contributed by atoms with E-state index in [4.69, 9.17) is 4.74 Å². The molecule has 2 N–H and O–H groups in total. The van der Waals surface area contributed by atoms with Crippen molar-refractivity contribution in [2.24, 2.45) is 0 Å². The quantitative estimate of drug-likeness (QED) is 0.698. The number of ether oxygens (including phenoxy) is 1. The summed E-state index contributed by atoms with van der Waals surface area (Å²) >= 11 is 0. The minimum absolute atomic E-state index is 0. The van der Waals surface area contributed by atoms with Gasteiger partial charge in [-0.25, -0.2) is 4.98 Å². The Balaban J connectivity index is 0.00000288. The molecule has 1 amide bonds. The monoisotopic (exact) mass is 385 g/mol. The highest BCUT2D eigenvalue weighted by atomic mass is 35.5. The molecule has 0 atom stereocenters. The lowest BCUT2D eigenvalue weighted by molar-refractivity contribution is -0.116. The molecule has 0 spiro atoms. The van der Waals surface area contributed by atoms with Gasteiger partial charge in [-0.1, -0.05) is 12.1 Å². The van der Waals surface area contributed by atoms with Crippen molar-refractivity contribution in [1.82, 2.24) is 10.3 Å². The van der Waals surface area contributed by atoms with E-state index in [9.17, 15) is 4.79 Å². The average Bonchev–Trinajstić information content (AvgIpc) is 2.54. The molecule has 0 fully saturated rings. The molecule has 0 saturated heterocycles. The van der Waals surface area contributed by atoms with Crippen LogP contribution in [0.3, 0.4) is 0 Å². The first-order valence-corrected chi connectivity index (χ1v) is 7.74. The first-order valence-electron chi connectivity index (χ1n) is 7.74. The standard InChI is InChI=1S/C18H23N3O2.2ClH/c1-13-6-4-7-16(14(13)2)23-18-10-9-15(12-20-18)21-17(22)8-5-11-19-3;;/h4,6-7,9-10,12,19H,5,8,11H2,1-3H3,(H,21,22);2*1H. The van der Waals surface area contributed by atoms with E-state index in [1.54, 1.807) is 18.3 Å². The van der Waals surface area contributed by atoms with Crippen LogP contribution >= 0.6 is 24.8 Å². The summed E-state index contributed by atoms with van der Waals surface area (Å²) in [5, 5.41) is 5.84. The number of nitrogens with one attached hydrogen (secondary N) is 2. The third kappa shape index (κ3) is 7.30. The molecule has 0 radical (unpaired) electrons. The highest BCUT2D eigenvalue weighted by Crippen LogP contribution is 2.26. The second-order valence-electron chi connectivity index (χ2n) is 5.44. The van der Waals surface area contributed by atoms with Gasteiger partial charge in [0.2, 0.25) is 11.8 Å². The van der Waals surface area contributed by atoms with E-state index in [0.717, 1.165) is 24.3 Å². The van der Waals surface area contributed by atoms with Gasteiger partial charge < -0.3 is 15.4 Å². The highest BCUT2D eigenvalue weighted by Gasteiger charge is 2.06. The second-order valence-corrected chi connectivity index (χ2v) is 5.44. The van der Waals surface area contributed by atoms with Crippen LogP contribution in [0.25, 0.3) is 0 Å². The zero-order valence-corrected chi connectivity index (χ0v) is 16.3. The summed E-state index contributed by atoms with van der Waals surface area (Å²) in [7, 11) is 1.87. The van der Waals surface area contributed by atoms with Gasteiger partial charge in [-0.05, 0) is 57.1 Å². The second kappa shape index (κ2) is 11.7. The summed E-state index contributed by atoms with van der Waals surface area (Å²) in [6, 6.07) is 9.47. The van der Waals surface area contributed by atoms with Gasteiger partial charge in [0.15, 0.2) is 0 Å². The van der Waals surface area contributed by atoms with Gasteiger partial charge in [-0.2, -0.15) is 0 Å². The summed E-state index contributed by atoms with van der Waals surface area (Å²) in [4.78, 5) is 16.0. The SMILES string of the molecule is CNCCCC(=O)Nc1ccc(Oc2cccc(C)c2C)nc1.Cl.Cl. The van der Waals surface area contributed by atoms with Crippen molar-refractivity contribution in [3.8, 4) is 11.6 Å². The summed E-state index contributed by atoms with van der Waals surface area (Å²) in [6.45, 7) is 4.89. The smallest absolute Gasteiger partial charge is 0.224 e. The van der Waals surface area contributed by atoms with E-state index in [0.29, 0.717) is 18.0 Å². The summed E-state index contributed by atoms with van der Waals surface area (Å²) in [5.41, 5.74) is 2.94. The van der Waals surface area contributed by atoms with Crippen molar-refractivity contribution in [2.75, 3.05) is 18.9 Å². The van der Waals surface area contributed by atoms with Crippen LogP contribution in [0.5, 0.6) is 11.6 Å². The van der Waals surface area contributed by atoms with E-state index in [-0.39, 0.29) is 30.7 Å². The summed E-state index contributed by atoms with van der Waals surface area (Å²) in [5.74, 6) is 1.29. The fourth-order valence-electron chi connectivity index (χ4n) is 2.11. The molecule has 1 aromatic heterocycles. The van der Waals surface area contributed by atoms with Crippen LogP contribution in [0.1, 0.15) is 24.0 Å². The molecular weight excluding hydrogens is 361 g/mol. The Labute approximate surface area is 161 Å². The molecule has 25 heavy (non-hydrogen) atoms. The van der Waals surface area contributed by atoms with Gasteiger partial charge in [0, 0.05) is 12.5 Å². The Hall–Kier alpha value is -1.82.